The number of carboxylic acids is 1. The van der Waals surface area contributed by atoms with Crippen LogP contribution in [0.3, 0.4) is 0 Å². The maximum absolute atomic E-state index is 11.1. The number of benzene rings is 1. The van der Waals surface area contributed by atoms with Crippen molar-refractivity contribution in [2.24, 2.45) is 5.92 Å². The van der Waals surface area contributed by atoms with E-state index >= 15 is 0 Å². The zero-order chi connectivity index (χ0) is 15.2. The van der Waals surface area contributed by atoms with Crippen molar-refractivity contribution in [3.8, 4) is 0 Å². The average Bonchev–Trinajstić information content (AvgIpc) is 2.48. The van der Waals surface area contributed by atoms with Crippen molar-refractivity contribution in [1.29, 1.82) is 0 Å². The molecule has 1 aromatic carbocycles. The van der Waals surface area contributed by atoms with Gasteiger partial charge in [-0.1, -0.05) is 48.9 Å². The Morgan fingerprint density at radius 1 is 1.29 bits per heavy atom. The normalized spacial score (nSPS) is 11.9. The molecule has 0 amide bonds. The standard InChI is InChI=1S/C16H17ClN2O2/c1-12(16(20)21)10-19(11-13-5-3-2-4-6-13)15-8-7-14(17)9-18-15/h2-9,12H,10-11H2,1H3,(H,20,21). The molecular weight excluding hydrogens is 288 g/mol. The molecule has 1 atom stereocenters. The molecule has 0 radical (unpaired) electrons. The van der Waals surface area contributed by atoms with E-state index in [1.165, 1.54) is 0 Å². The summed E-state index contributed by atoms with van der Waals surface area (Å²) in [7, 11) is 0. The summed E-state index contributed by atoms with van der Waals surface area (Å²) >= 11 is 5.86. The van der Waals surface area contributed by atoms with Crippen LogP contribution >= 0.6 is 11.6 Å². The van der Waals surface area contributed by atoms with E-state index in [0.717, 1.165) is 11.4 Å². The van der Waals surface area contributed by atoms with E-state index in [9.17, 15) is 4.79 Å². The average molecular weight is 305 g/mol. The highest BCUT2D eigenvalue weighted by atomic mass is 35.5. The minimum absolute atomic E-state index is 0.388. The Hall–Kier alpha value is -2.07. The molecule has 0 aliphatic rings. The molecular formula is C16H17ClN2O2. The van der Waals surface area contributed by atoms with Crippen LogP contribution in [-0.2, 0) is 11.3 Å². The second-order valence-corrected chi connectivity index (χ2v) is 5.38. The third-order valence-electron chi connectivity index (χ3n) is 3.17. The number of carbonyl (C=O) groups is 1. The van der Waals surface area contributed by atoms with Crippen LogP contribution in [0.25, 0.3) is 0 Å². The molecule has 2 aromatic rings. The number of aromatic nitrogens is 1. The third kappa shape index (κ3) is 4.46. The summed E-state index contributed by atoms with van der Waals surface area (Å²) < 4.78 is 0. The van der Waals surface area contributed by atoms with Crippen LogP contribution in [0.1, 0.15) is 12.5 Å². The molecule has 0 aliphatic carbocycles. The molecule has 0 spiro atoms. The van der Waals surface area contributed by atoms with Crippen molar-refractivity contribution in [2.45, 2.75) is 13.5 Å². The highest BCUT2D eigenvalue weighted by molar-refractivity contribution is 6.30. The maximum atomic E-state index is 11.1. The molecule has 0 fully saturated rings. The van der Waals surface area contributed by atoms with Gasteiger partial charge in [-0.3, -0.25) is 4.79 Å². The minimum atomic E-state index is -0.818. The van der Waals surface area contributed by atoms with E-state index in [2.05, 4.69) is 4.98 Å². The van der Waals surface area contributed by atoms with Gasteiger partial charge in [-0.05, 0) is 17.7 Å². The number of carboxylic acid groups (broad SMARTS) is 1. The van der Waals surface area contributed by atoms with E-state index in [1.54, 1.807) is 25.3 Å². The molecule has 1 N–H and O–H groups in total. The Morgan fingerprint density at radius 2 is 2.00 bits per heavy atom. The Kier molecular flexibility index (Phi) is 5.17. The summed E-state index contributed by atoms with van der Waals surface area (Å²) in [5, 5.41) is 9.68. The lowest BCUT2D eigenvalue weighted by atomic mass is 10.1. The first-order valence-electron chi connectivity index (χ1n) is 6.69. The van der Waals surface area contributed by atoms with Crippen molar-refractivity contribution in [2.75, 3.05) is 11.4 Å². The Labute approximate surface area is 129 Å². The van der Waals surface area contributed by atoms with E-state index in [1.807, 2.05) is 35.2 Å². The molecule has 0 aliphatic heterocycles. The van der Waals surface area contributed by atoms with Crippen molar-refractivity contribution in [3.63, 3.8) is 0 Å². The fourth-order valence-corrected chi connectivity index (χ4v) is 2.12. The van der Waals surface area contributed by atoms with Gasteiger partial charge in [0.05, 0.1) is 10.9 Å². The minimum Gasteiger partial charge on any atom is -0.481 e. The Bertz CT molecular complexity index is 587. The van der Waals surface area contributed by atoms with E-state index < -0.39 is 11.9 Å². The molecule has 0 saturated heterocycles. The van der Waals surface area contributed by atoms with E-state index in [4.69, 9.17) is 16.7 Å². The lowest BCUT2D eigenvalue weighted by molar-refractivity contribution is -0.140. The van der Waals surface area contributed by atoms with Gasteiger partial charge in [0.2, 0.25) is 0 Å². The van der Waals surface area contributed by atoms with Gasteiger partial charge < -0.3 is 10.0 Å². The predicted molar refractivity (Wildman–Crippen MR) is 83.5 cm³/mol. The number of anilines is 1. The van der Waals surface area contributed by atoms with Crippen molar-refractivity contribution >= 4 is 23.4 Å². The zero-order valence-corrected chi connectivity index (χ0v) is 12.5. The van der Waals surface area contributed by atoms with Crippen LogP contribution in [0.2, 0.25) is 5.02 Å². The van der Waals surface area contributed by atoms with Gasteiger partial charge >= 0.3 is 5.97 Å². The fourth-order valence-electron chi connectivity index (χ4n) is 2.01. The number of halogens is 1. The third-order valence-corrected chi connectivity index (χ3v) is 3.39. The van der Waals surface area contributed by atoms with Gasteiger partial charge in [0.1, 0.15) is 5.82 Å². The molecule has 4 nitrogen and oxygen atoms in total. The molecule has 21 heavy (non-hydrogen) atoms. The number of nitrogens with zero attached hydrogens (tertiary/aromatic N) is 2. The van der Waals surface area contributed by atoms with Crippen LogP contribution in [0, 0.1) is 5.92 Å². The Morgan fingerprint density at radius 3 is 2.57 bits per heavy atom. The molecule has 0 saturated carbocycles. The number of hydrogen-bond donors (Lipinski definition) is 1. The van der Waals surface area contributed by atoms with E-state index in [-0.39, 0.29) is 0 Å². The molecule has 1 aromatic heterocycles. The van der Waals surface area contributed by atoms with Crippen LogP contribution < -0.4 is 4.90 Å². The quantitative estimate of drug-likeness (QED) is 0.888. The summed E-state index contributed by atoms with van der Waals surface area (Å²) in [5.74, 6) is -0.579. The first kappa shape index (κ1) is 15.3. The number of pyridine rings is 1. The SMILES string of the molecule is CC(CN(Cc1ccccc1)c1ccc(Cl)cn1)C(=O)O. The van der Waals surface area contributed by atoms with Crippen LogP contribution in [0.15, 0.2) is 48.7 Å². The lowest BCUT2D eigenvalue weighted by Crippen LogP contribution is -2.32. The number of rotatable bonds is 6. The van der Waals surface area contributed by atoms with Gasteiger partial charge in [0.15, 0.2) is 0 Å². The molecule has 1 unspecified atom stereocenters. The van der Waals surface area contributed by atoms with Crippen LogP contribution in [0.5, 0.6) is 0 Å². The number of aliphatic carboxylic acids is 1. The van der Waals surface area contributed by atoms with Gasteiger partial charge in [0, 0.05) is 19.3 Å². The zero-order valence-electron chi connectivity index (χ0n) is 11.7. The van der Waals surface area contributed by atoms with Gasteiger partial charge in [-0.15, -0.1) is 0 Å². The van der Waals surface area contributed by atoms with Crippen LogP contribution in [-0.4, -0.2) is 22.6 Å². The fraction of sp³-hybridized carbons (Fsp3) is 0.250. The van der Waals surface area contributed by atoms with Crippen molar-refractivity contribution in [3.05, 3.63) is 59.2 Å². The van der Waals surface area contributed by atoms with Gasteiger partial charge in [-0.25, -0.2) is 4.98 Å². The van der Waals surface area contributed by atoms with Gasteiger partial charge in [0.25, 0.3) is 0 Å². The monoisotopic (exact) mass is 304 g/mol. The molecule has 1 heterocycles. The largest absolute Gasteiger partial charge is 0.481 e. The first-order valence-corrected chi connectivity index (χ1v) is 7.07. The summed E-state index contributed by atoms with van der Waals surface area (Å²) in [6.45, 7) is 2.68. The first-order chi connectivity index (χ1) is 10.1. The highest BCUT2D eigenvalue weighted by Gasteiger charge is 2.17. The van der Waals surface area contributed by atoms with Crippen molar-refractivity contribution < 1.29 is 9.90 Å². The predicted octanol–water partition coefficient (Wildman–Crippen LogP) is 3.46. The van der Waals surface area contributed by atoms with Crippen LogP contribution in [0.4, 0.5) is 5.82 Å². The summed E-state index contributed by atoms with van der Waals surface area (Å²) in [6, 6.07) is 13.5. The Balaban J connectivity index is 2.21. The molecule has 2 rings (SSSR count). The second kappa shape index (κ2) is 7.09. The number of hydrogen-bond acceptors (Lipinski definition) is 3. The molecule has 110 valence electrons. The molecule has 5 heteroatoms. The summed E-state index contributed by atoms with van der Waals surface area (Å²) in [4.78, 5) is 17.3. The molecule has 0 bridgehead atoms. The smallest absolute Gasteiger partial charge is 0.308 e. The van der Waals surface area contributed by atoms with Crippen molar-refractivity contribution in [1.82, 2.24) is 4.98 Å². The summed E-state index contributed by atoms with van der Waals surface area (Å²) in [5.41, 5.74) is 1.10. The summed E-state index contributed by atoms with van der Waals surface area (Å²) in [6.07, 6.45) is 1.57. The lowest BCUT2D eigenvalue weighted by Gasteiger charge is -2.25. The van der Waals surface area contributed by atoms with E-state index in [0.29, 0.717) is 18.1 Å². The maximum Gasteiger partial charge on any atom is 0.308 e. The van der Waals surface area contributed by atoms with Gasteiger partial charge in [-0.2, -0.15) is 0 Å². The topological polar surface area (TPSA) is 53.4 Å². The highest BCUT2D eigenvalue weighted by Crippen LogP contribution is 2.18. The second-order valence-electron chi connectivity index (χ2n) is 4.94.